The lowest BCUT2D eigenvalue weighted by Crippen LogP contribution is -2.24. The number of esters is 1. The molecule has 3 aliphatic rings. The lowest BCUT2D eigenvalue weighted by atomic mass is 10.0. The number of aromatic nitrogens is 6. The maximum atomic E-state index is 13.9. The number of benzene rings is 4. The number of rotatable bonds is 15. The predicted molar refractivity (Wildman–Crippen MR) is 281 cm³/mol. The van der Waals surface area contributed by atoms with Crippen LogP contribution >= 0.6 is 0 Å². The van der Waals surface area contributed by atoms with Crippen molar-refractivity contribution in [1.29, 1.82) is 0 Å². The summed E-state index contributed by atoms with van der Waals surface area (Å²) in [6, 6.07) is 23.6. The number of ether oxygens (including phenoxy) is 4. The minimum atomic E-state index is -0.721. The molecule has 3 aliphatic heterocycles. The average molecular weight is 972 g/mol. The van der Waals surface area contributed by atoms with Gasteiger partial charge in [0.15, 0.2) is 29.1 Å². The van der Waals surface area contributed by atoms with E-state index in [-0.39, 0.29) is 36.1 Å². The smallest absolute Gasteiger partial charge is 0.336 e. The van der Waals surface area contributed by atoms with E-state index in [2.05, 4.69) is 58.9 Å². The summed E-state index contributed by atoms with van der Waals surface area (Å²) in [5, 5.41) is 18.0. The first-order valence-electron chi connectivity index (χ1n) is 24.0. The van der Waals surface area contributed by atoms with E-state index < -0.39 is 5.97 Å². The van der Waals surface area contributed by atoms with E-state index in [0.29, 0.717) is 49.4 Å². The van der Waals surface area contributed by atoms with Gasteiger partial charge in [0, 0.05) is 61.3 Å². The van der Waals surface area contributed by atoms with E-state index in [1.54, 1.807) is 13.2 Å². The van der Waals surface area contributed by atoms with Gasteiger partial charge < -0.3 is 33.9 Å². The minimum Gasteiger partial charge on any atom is -0.494 e. The number of fused-ring (bicyclic) bond motifs is 3. The summed E-state index contributed by atoms with van der Waals surface area (Å²) in [5.74, 6) is 3.45. The molecule has 4 aromatic carbocycles. The van der Waals surface area contributed by atoms with E-state index in [1.807, 2.05) is 99.8 Å². The number of methoxy groups -OCH3 is 1. The number of nitrogens with zero attached hydrogens (tertiary/aromatic N) is 11. The van der Waals surface area contributed by atoms with Crippen molar-refractivity contribution in [2.24, 2.45) is 9.98 Å². The van der Waals surface area contributed by atoms with Crippen LogP contribution in [0, 0.1) is 41.2 Å². The van der Waals surface area contributed by atoms with Gasteiger partial charge in [-0.05, 0) is 108 Å². The van der Waals surface area contributed by atoms with Gasteiger partial charge >= 0.3 is 5.97 Å². The van der Waals surface area contributed by atoms with Gasteiger partial charge in [-0.3, -0.25) is 0 Å². The Morgan fingerprint density at radius 2 is 1.53 bits per heavy atom. The molecule has 0 atom stereocenters. The molecular formula is C55H61N11O6. The summed E-state index contributed by atoms with van der Waals surface area (Å²) < 4.78 is 25.8. The molecule has 0 radical (unpaired) electrons. The quantitative estimate of drug-likeness (QED) is 0.0450. The van der Waals surface area contributed by atoms with Crippen molar-refractivity contribution in [2.45, 2.75) is 61.3 Å². The third-order valence-electron chi connectivity index (χ3n) is 12.7. The number of aryl methyl sites for hydroxylation is 6. The van der Waals surface area contributed by atoms with Crippen LogP contribution < -0.4 is 19.3 Å². The van der Waals surface area contributed by atoms with Gasteiger partial charge in [0.1, 0.15) is 28.6 Å². The first-order chi connectivity index (χ1) is 34.7. The van der Waals surface area contributed by atoms with Crippen LogP contribution in [-0.4, -0.2) is 120 Å². The molecule has 17 heteroatoms. The molecule has 0 aliphatic carbocycles. The minimum absolute atomic E-state index is 0.0167. The molecule has 0 bridgehead atoms. The van der Waals surface area contributed by atoms with Gasteiger partial charge in [-0.2, -0.15) is 4.68 Å². The maximum Gasteiger partial charge on any atom is 0.336 e. The molecule has 0 amide bonds. The summed E-state index contributed by atoms with van der Waals surface area (Å²) in [6.45, 7) is 25.3. The molecule has 0 saturated heterocycles. The Balaban J connectivity index is 0.000000249. The zero-order valence-electron chi connectivity index (χ0n) is 42.7. The number of aliphatic hydroxyl groups excluding tert-OH is 1. The van der Waals surface area contributed by atoms with Crippen LogP contribution in [0.15, 0.2) is 94.1 Å². The summed E-state index contributed by atoms with van der Waals surface area (Å²) in [7, 11) is 5.64. The number of carbonyl (C=O) groups excluding carboxylic acids is 1. The third-order valence-corrected chi connectivity index (χ3v) is 12.7. The van der Waals surface area contributed by atoms with Gasteiger partial charge in [0.2, 0.25) is 5.70 Å². The Morgan fingerprint density at radius 1 is 0.806 bits per heavy atom. The van der Waals surface area contributed by atoms with Crippen LogP contribution in [0.4, 0.5) is 22.7 Å². The van der Waals surface area contributed by atoms with Crippen molar-refractivity contribution in [2.75, 3.05) is 77.1 Å². The number of aliphatic hydroxyl groups is 1. The summed E-state index contributed by atoms with van der Waals surface area (Å²) in [4.78, 5) is 40.9. The monoisotopic (exact) mass is 971 g/mol. The molecule has 17 nitrogen and oxygen atoms in total. The van der Waals surface area contributed by atoms with E-state index in [1.165, 1.54) is 22.4 Å². The lowest BCUT2D eigenvalue weighted by Gasteiger charge is -2.27. The van der Waals surface area contributed by atoms with E-state index in [4.69, 9.17) is 50.7 Å². The van der Waals surface area contributed by atoms with Gasteiger partial charge in [-0.15, -0.1) is 10.2 Å². The Bertz CT molecular complexity index is 3170. The van der Waals surface area contributed by atoms with Crippen molar-refractivity contribution < 1.29 is 28.8 Å². The fraction of sp³-hybridized carbons (Fsp3) is 0.345. The summed E-state index contributed by atoms with van der Waals surface area (Å²) in [5.41, 5.74) is 11.7. The topological polar surface area (TPSA) is 171 Å². The Labute approximate surface area is 420 Å². The van der Waals surface area contributed by atoms with Crippen LogP contribution in [0.25, 0.3) is 27.4 Å². The average Bonchev–Trinajstić information content (AvgIpc) is 4.10. The number of carbonyl (C=O) groups is 1. The predicted octanol–water partition coefficient (Wildman–Crippen LogP) is 8.83. The van der Waals surface area contributed by atoms with Crippen molar-refractivity contribution in [3.63, 3.8) is 0 Å². The van der Waals surface area contributed by atoms with Crippen molar-refractivity contribution in [3.8, 4) is 22.9 Å². The van der Waals surface area contributed by atoms with E-state index in [9.17, 15) is 4.79 Å². The Hall–Kier alpha value is -7.78. The molecule has 372 valence electrons. The highest BCUT2D eigenvalue weighted by atomic mass is 16.5. The molecule has 0 saturated carbocycles. The fourth-order valence-electron chi connectivity index (χ4n) is 8.85. The highest BCUT2D eigenvalue weighted by molar-refractivity contribution is 6.29. The van der Waals surface area contributed by atoms with Crippen molar-refractivity contribution in [1.82, 2.24) is 29.5 Å². The summed E-state index contributed by atoms with van der Waals surface area (Å²) in [6.07, 6.45) is 2.33. The van der Waals surface area contributed by atoms with Crippen LogP contribution in [0.5, 0.6) is 11.5 Å². The highest BCUT2D eigenvalue weighted by Crippen LogP contribution is 2.38. The Morgan fingerprint density at radius 3 is 2.24 bits per heavy atom. The first kappa shape index (κ1) is 50.6. The summed E-state index contributed by atoms with van der Waals surface area (Å²) >= 11 is 0. The van der Waals surface area contributed by atoms with Crippen molar-refractivity contribution in [3.05, 3.63) is 141 Å². The molecular weight excluding hydrogens is 911 g/mol. The van der Waals surface area contributed by atoms with E-state index in [0.717, 1.165) is 80.8 Å². The first-order valence-corrected chi connectivity index (χ1v) is 24.0. The fourth-order valence-corrected chi connectivity index (χ4v) is 8.85. The van der Waals surface area contributed by atoms with Crippen LogP contribution in [0.3, 0.4) is 0 Å². The van der Waals surface area contributed by atoms with Crippen molar-refractivity contribution >= 4 is 51.5 Å². The van der Waals surface area contributed by atoms with Gasteiger partial charge in [0.25, 0.3) is 0 Å². The second-order valence-corrected chi connectivity index (χ2v) is 18.1. The molecule has 9 rings (SSSR count). The molecule has 0 unspecified atom stereocenters. The molecule has 72 heavy (non-hydrogen) atoms. The number of hydrogen-bond acceptors (Lipinski definition) is 14. The number of likely N-dealkylation sites (N-methyl/N-ethyl adjacent to an activating group) is 1. The zero-order chi connectivity index (χ0) is 51.2. The second-order valence-electron chi connectivity index (χ2n) is 18.1. The SMILES string of the molecule is CC1=C(C)c2nc(C)nn2C1=Nc1ccc2c(c1)CCCN2C.[C-]#[N+]C1=C(C(=O)Oc2c(C)cc(C)cc2C)c2nc(-c3ccc(C)cc3)nn2C1=Nc1ccc(N(C)CCOCCOCCO)cc1OC. The highest BCUT2D eigenvalue weighted by Gasteiger charge is 2.38. The van der Waals surface area contributed by atoms with Crippen LogP contribution in [0.2, 0.25) is 0 Å². The second kappa shape index (κ2) is 22.1. The van der Waals surface area contributed by atoms with E-state index >= 15 is 0 Å². The zero-order valence-corrected chi connectivity index (χ0v) is 42.7. The molecule has 2 aromatic heterocycles. The molecule has 0 fully saturated rings. The van der Waals surface area contributed by atoms with Gasteiger partial charge in [-0.25, -0.2) is 34.3 Å². The number of anilines is 2. The maximum absolute atomic E-state index is 13.9. The molecule has 0 spiro atoms. The molecule has 6 aromatic rings. The Kier molecular flexibility index (Phi) is 15.5. The standard InChI is InChI=1S/C37H40N6O6.C18H21N5/c1-23-8-10-27(11-9-23)34-40-35-31(37(45)49-33-25(3)20-24(2)21-26(33)4)32(38-5)36(43(35)41-34)39-29-13-12-28(22-30(29)46-7)42(6)14-16-47-18-19-48-17-15-44;1-11-12(2)18(23-17(11)19-13(3)21-23)20-15-7-8-16-14(10-15)6-5-9-22(16)4/h8-13,20-22,44H,14-19H2,1-4,6-7H3;7-8,10H,5-6,9H2,1-4H3. The van der Waals surface area contributed by atoms with Gasteiger partial charge in [-0.1, -0.05) is 47.5 Å². The normalized spacial score (nSPS) is 14.8. The number of hydrogen-bond donors (Lipinski definition) is 1. The molecule has 5 heterocycles. The lowest BCUT2D eigenvalue weighted by molar-refractivity contribution is -0.128. The number of aliphatic imine (C=N–C) groups is 2. The largest absolute Gasteiger partial charge is 0.494 e. The molecule has 1 N–H and O–H groups in total. The van der Waals surface area contributed by atoms with Crippen LogP contribution in [-0.2, 0) is 20.7 Å². The number of allylic oxidation sites excluding steroid dienone is 3. The third kappa shape index (κ3) is 10.8. The van der Waals surface area contributed by atoms with Gasteiger partial charge in [0.05, 0.1) is 52.4 Å². The van der Waals surface area contributed by atoms with Crippen LogP contribution in [0.1, 0.15) is 65.6 Å².